The molecule has 1 saturated heterocycles. The van der Waals surface area contributed by atoms with Crippen molar-refractivity contribution in [2.24, 2.45) is 0 Å². The highest BCUT2D eigenvalue weighted by molar-refractivity contribution is 8.00. The molecule has 0 radical (unpaired) electrons. The van der Waals surface area contributed by atoms with Gasteiger partial charge in [-0.15, -0.1) is 11.3 Å². The first-order chi connectivity index (χ1) is 13.0. The van der Waals surface area contributed by atoms with Gasteiger partial charge in [0.2, 0.25) is 5.91 Å². The Kier molecular flexibility index (Phi) is 5.16. The van der Waals surface area contributed by atoms with Gasteiger partial charge in [-0.3, -0.25) is 4.79 Å². The smallest absolute Gasteiger partial charge is 0.230 e. The molecule has 140 valence electrons. The van der Waals surface area contributed by atoms with Crippen molar-refractivity contribution < 1.29 is 13.2 Å². The highest BCUT2D eigenvalue weighted by atomic mass is 32.2. The van der Waals surface area contributed by atoms with E-state index in [0.29, 0.717) is 6.42 Å². The lowest BCUT2D eigenvalue weighted by Crippen LogP contribution is -2.36. The first kappa shape index (κ1) is 18.4. The van der Waals surface area contributed by atoms with Crippen molar-refractivity contribution in [1.82, 2.24) is 15.3 Å². The van der Waals surface area contributed by atoms with E-state index in [4.69, 9.17) is 0 Å². The zero-order valence-corrected chi connectivity index (χ0v) is 16.7. The molecule has 0 spiro atoms. The molecule has 27 heavy (non-hydrogen) atoms. The predicted molar refractivity (Wildman–Crippen MR) is 109 cm³/mol. The van der Waals surface area contributed by atoms with Crippen molar-refractivity contribution in [3.63, 3.8) is 0 Å². The fourth-order valence-electron chi connectivity index (χ4n) is 3.01. The molecule has 2 aromatic heterocycles. The number of hydrogen-bond acceptors (Lipinski definition) is 7. The van der Waals surface area contributed by atoms with Crippen LogP contribution in [0.2, 0.25) is 0 Å². The molecule has 1 atom stereocenters. The molecule has 0 unspecified atom stereocenters. The summed E-state index contributed by atoms with van der Waals surface area (Å²) in [5.41, 5.74) is 1.12. The Bertz CT molecular complexity index is 1080. The van der Waals surface area contributed by atoms with Gasteiger partial charge in [-0.2, -0.15) is 0 Å². The van der Waals surface area contributed by atoms with Gasteiger partial charge in [0.05, 0.1) is 17.3 Å². The van der Waals surface area contributed by atoms with Gasteiger partial charge in [0.1, 0.15) is 16.2 Å². The van der Waals surface area contributed by atoms with E-state index in [2.05, 4.69) is 21.4 Å². The van der Waals surface area contributed by atoms with Crippen LogP contribution in [-0.2, 0) is 14.6 Å². The lowest BCUT2D eigenvalue weighted by Gasteiger charge is -2.10. The quantitative estimate of drug-likeness (QED) is 0.505. The van der Waals surface area contributed by atoms with Crippen molar-refractivity contribution in [1.29, 1.82) is 0 Å². The molecule has 1 aliphatic heterocycles. The fourth-order valence-corrected chi connectivity index (χ4v) is 6.53. The lowest BCUT2D eigenvalue weighted by atomic mass is 10.2. The van der Waals surface area contributed by atoms with E-state index in [1.54, 1.807) is 11.3 Å². The van der Waals surface area contributed by atoms with Gasteiger partial charge in [-0.05, 0) is 18.1 Å². The Balaban J connectivity index is 1.46. The number of nitrogens with zero attached hydrogens (tertiary/aromatic N) is 2. The van der Waals surface area contributed by atoms with Crippen LogP contribution in [0.3, 0.4) is 0 Å². The van der Waals surface area contributed by atoms with Crippen molar-refractivity contribution in [3.8, 4) is 10.4 Å². The normalized spacial score (nSPS) is 18.6. The maximum absolute atomic E-state index is 12.2. The first-order valence-corrected chi connectivity index (χ1v) is 12.0. The number of fused-ring (bicyclic) bond motifs is 1. The first-order valence-electron chi connectivity index (χ1n) is 8.43. The molecule has 1 aromatic carbocycles. The van der Waals surface area contributed by atoms with E-state index in [9.17, 15) is 13.2 Å². The summed E-state index contributed by atoms with van der Waals surface area (Å²) in [6.07, 6.45) is 2.00. The monoisotopic (exact) mass is 419 g/mol. The van der Waals surface area contributed by atoms with Crippen LogP contribution >= 0.6 is 23.1 Å². The standard InChI is InChI=1S/C18H17N3O3S3/c22-16(21-13-6-7-27(23,24)10-13)9-25-17-14-8-15(12-4-2-1-3-5-12)26-18(14)20-11-19-17/h1-5,8,11,13H,6-7,9-10H2,(H,21,22)/t13-/m1/s1. The third kappa shape index (κ3) is 4.31. The zero-order valence-electron chi connectivity index (χ0n) is 14.3. The molecular formula is C18H17N3O3S3. The maximum atomic E-state index is 12.2. The number of amides is 1. The molecule has 4 rings (SSSR count). The third-order valence-corrected chi connectivity index (χ3v) is 8.15. The van der Waals surface area contributed by atoms with Gasteiger partial charge < -0.3 is 5.32 Å². The van der Waals surface area contributed by atoms with Crippen molar-refractivity contribution >= 4 is 49.1 Å². The number of benzene rings is 1. The van der Waals surface area contributed by atoms with Gasteiger partial charge in [-0.1, -0.05) is 42.1 Å². The van der Waals surface area contributed by atoms with Crippen molar-refractivity contribution in [3.05, 3.63) is 42.7 Å². The Labute approximate surface area is 165 Å². The average molecular weight is 420 g/mol. The molecule has 9 heteroatoms. The van der Waals surface area contributed by atoms with Crippen LogP contribution in [0.15, 0.2) is 47.8 Å². The highest BCUT2D eigenvalue weighted by Crippen LogP contribution is 2.36. The van der Waals surface area contributed by atoms with Gasteiger partial charge in [0.15, 0.2) is 9.84 Å². The van der Waals surface area contributed by atoms with Crippen molar-refractivity contribution in [2.75, 3.05) is 17.3 Å². The molecular weight excluding hydrogens is 402 g/mol. The van der Waals surface area contributed by atoms with Gasteiger partial charge in [0.25, 0.3) is 0 Å². The molecule has 1 aliphatic rings. The van der Waals surface area contributed by atoms with E-state index in [0.717, 1.165) is 25.7 Å². The molecule has 3 heterocycles. The Hall–Kier alpha value is -1.97. The second-order valence-corrected chi connectivity index (χ2v) is 10.6. The van der Waals surface area contributed by atoms with E-state index < -0.39 is 9.84 Å². The molecule has 1 amide bonds. The summed E-state index contributed by atoms with van der Waals surface area (Å²) in [4.78, 5) is 22.8. The minimum absolute atomic E-state index is 0.0339. The Morgan fingerprint density at radius 1 is 1.26 bits per heavy atom. The Morgan fingerprint density at radius 3 is 2.81 bits per heavy atom. The summed E-state index contributed by atoms with van der Waals surface area (Å²) in [6, 6.07) is 11.8. The lowest BCUT2D eigenvalue weighted by molar-refractivity contribution is -0.119. The number of hydrogen-bond donors (Lipinski definition) is 1. The van der Waals surface area contributed by atoms with E-state index in [1.807, 2.05) is 30.3 Å². The number of thioether (sulfide) groups is 1. The molecule has 1 N–H and O–H groups in total. The van der Waals surface area contributed by atoms with Crippen LogP contribution < -0.4 is 5.32 Å². The van der Waals surface area contributed by atoms with E-state index in [1.165, 1.54) is 18.1 Å². The maximum Gasteiger partial charge on any atom is 0.230 e. The molecule has 0 bridgehead atoms. The number of carbonyl (C=O) groups excluding carboxylic acids is 1. The average Bonchev–Trinajstić information content (AvgIpc) is 3.24. The molecule has 1 fully saturated rings. The summed E-state index contributed by atoms with van der Waals surface area (Å²) in [5, 5.41) is 4.49. The van der Waals surface area contributed by atoms with Gasteiger partial charge in [0, 0.05) is 16.3 Å². The second-order valence-electron chi connectivity index (χ2n) is 6.33. The molecule has 0 saturated carbocycles. The van der Waals surface area contributed by atoms with E-state index in [-0.39, 0.29) is 29.2 Å². The van der Waals surface area contributed by atoms with E-state index >= 15 is 0 Å². The van der Waals surface area contributed by atoms with Crippen LogP contribution in [0.1, 0.15) is 6.42 Å². The zero-order chi connectivity index (χ0) is 18.9. The predicted octanol–water partition coefficient (Wildman–Crippen LogP) is 2.75. The van der Waals surface area contributed by atoms with Gasteiger partial charge >= 0.3 is 0 Å². The van der Waals surface area contributed by atoms with Crippen molar-refractivity contribution in [2.45, 2.75) is 17.5 Å². The number of rotatable bonds is 5. The Morgan fingerprint density at radius 2 is 2.07 bits per heavy atom. The summed E-state index contributed by atoms with van der Waals surface area (Å²) >= 11 is 2.94. The van der Waals surface area contributed by atoms with Gasteiger partial charge in [-0.25, -0.2) is 18.4 Å². The number of thiophene rings is 1. The number of carbonyl (C=O) groups is 1. The fraction of sp³-hybridized carbons (Fsp3) is 0.278. The third-order valence-electron chi connectivity index (χ3n) is 4.29. The molecule has 3 aromatic rings. The largest absolute Gasteiger partial charge is 0.352 e. The minimum atomic E-state index is -3.00. The summed E-state index contributed by atoms with van der Waals surface area (Å²) < 4.78 is 23.0. The molecule has 0 aliphatic carbocycles. The summed E-state index contributed by atoms with van der Waals surface area (Å²) in [5.74, 6) is 0.201. The van der Waals surface area contributed by atoms with Crippen LogP contribution in [-0.4, -0.2) is 47.6 Å². The number of sulfone groups is 1. The van der Waals surface area contributed by atoms with Crippen LogP contribution in [0.25, 0.3) is 20.7 Å². The molecule has 6 nitrogen and oxygen atoms in total. The van der Waals surface area contributed by atoms with Crippen LogP contribution in [0, 0.1) is 0 Å². The second kappa shape index (κ2) is 7.57. The van der Waals surface area contributed by atoms with Crippen LogP contribution in [0.5, 0.6) is 0 Å². The summed E-state index contributed by atoms with van der Waals surface area (Å²) in [6.45, 7) is 0. The SMILES string of the molecule is O=C(CSc1ncnc2sc(-c3ccccc3)cc12)N[C@@H]1CCS(=O)(=O)C1. The highest BCUT2D eigenvalue weighted by Gasteiger charge is 2.28. The topological polar surface area (TPSA) is 89.0 Å². The van der Waals surface area contributed by atoms with Crippen LogP contribution in [0.4, 0.5) is 0 Å². The number of aromatic nitrogens is 2. The number of nitrogens with one attached hydrogen (secondary N) is 1. The minimum Gasteiger partial charge on any atom is -0.352 e. The summed E-state index contributed by atoms with van der Waals surface area (Å²) in [7, 11) is -3.00.